The number of nitrogens with zero attached hydrogens (tertiary/aromatic N) is 1. The summed E-state index contributed by atoms with van der Waals surface area (Å²) in [6, 6.07) is 11.3. The SMILES string of the molecule is Clc1cc(Cl)c2oc(-c3ccc(I)cc3)nc2c1. The van der Waals surface area contributed by atoms with E-state index in [1.165, 1.54) is 0 Å². The van der Waals surface area contributed by atoms with E-state index < -0.39 is 0 Å². The van der Waals surface area contributed by atoms with Crippen LogP contribution in [-0.4, -0.2) is 4.98 Å². The lowest BCUT2D eigenvalue weighted by molar-refractivity contribution is 0.620. The maximum Gasteiger partial charge on any atom is 0.227 e. The summed E-state index contributed by atoms with van der Waals surface area (Å²) < 4.78 is 6.84. The second-order valence-corrected chi connectivity index (χ2v) is 5.85. The van der Waals surface area contributed by atoms with Crippen molar-refractivity contribution in [1.29, 1.82) is 0 Å². The third kappa shape index (κ3) is 2.22. The molecule has 18 heavy (non-hydrogen) atoms. The smallest absolute Gasteiger partial charge is 0.227 e. The van der Waals surface area contributed by atoms with Gasteiger partial charge in [-0.2, -0.15) is 0 Å². The van der Waals surface area contributed by atoms with Gasteiger partial charge in [0.15, 0.2) is 5.58 Å². The normalized spacial score (nSPS) is 11.1. The zero-order chi connectivity index (χ0) is 12.7. The molecule has 0 N–H and O–H groups in total. The molecule has 2 aromatic carbocycles. The average Bonchev–Trinajstić information content (AvgIpc) is 2.74. The minimum absolute atomic E-state index is 0.474. The largest absolute Gasteiger partial charge is 0.435 e. The molecule has 90 valence electrons. The van der Waals surface area contributed by atoms with Crippen LogP contribution in [0.25, 0.3) is 22.6 Å². The fraction of sp³-hybridized carbons (Fsp3) is 0. The van der Waals surface area contributed by atoms with Gasteiger partial charge >= 0.3 is 0 Å². The van der Waals surface area contributed by atoms with Crippen molar-refractivity contribution in [2.45, 2.75) is 0 Å². The molecule has 3 aromatic rings. The van der Waals surface area contributed by atoms with Crippen molar-refractivity contribution in [3.8, 4) is 11.5 Å². The number of hydrogen-bond acceptors (Lipinski definition) is 2. The van der Waals surface area contributed by atoms with Crippen LogP contribution in [0.5, 0.6) is 0 Å². The molecule has 0 saturated heterocycles. The van der Waals surface area contributed by atoms with Gasteiger partial charge < -0.3 is 4.42 Å². The molecule has 1 heterocycles. The molecule has 0 amide bonds. The van der Waals surface area contributed by atoms with Crippen molar-refractivity contribution >= 4 is 56.9 Å². The van der Waals surface area contributed by atoms with Crippen LogP contribution in [0.3, 0.4) is 0 Å². The number of halogens is 3. The summed E-state index contributed by atoms with van der Waals surface area (Å²) in [6.07, 6.45) is 0. The highest BCUT2D eigenvalue weighted by Gasteiger charge is 2.11. The summed E-state index contributed by atoms with van der Waals surface area (Å²) in [7, 11) is 0. The van der Waals surface area contributed by atoms with Crippen LogP contribution in [0.1, 0.15) is 0 Å². The molecular weight excluding hydrogens is 384 g/mol. The molecule has 1 aromatic heterocycles. The number of hydrogen-bond donors (Lipinski definition) is 0. The molecule has 0 aliphatic rings. The second-order valence-electron chi connectivity index (χ2n) is 3.76. The van der Waals surface area contributed by atoms with Crippen molar-refractivity contribution in [3.05, 3.63) is 50.0 Å². The second kappa shape index (κ2) is 4.72. The van der Waals surface area contributed by atoms with Crippen LogP contribution in [0.2, 0.25) is 10.0 Å². The van der Waals surface area contributed by atoms with Crippen LogP contribution in [0.4, 0.5) is 0 Å². The van der Waals surface area contributed by atoms with E-state index >= 15 is 0 Å². The number of benzene rings is 2. The maximum atomic E-state index is 6.07. The van der Waals surface area contributed by atoms with Gasteiger partial charge in [-0.15, -0.1) is 0 Å². The zero-order valence-electron chi connectivity index (χ0n) is 8.95. The Morgan fingerprint density at radius 1 is 1.06 bits per heavy atom. The summed E-state index contributed by atoms with van der Waals surface area (Å²) in [5.74, 6) is 0.547. The van der Waals surface area contributed by atoms with E-state index in [-0.39, 0.29) is 0 Å². The van der Waals surface area contributed by atoms with Crippen molar-refractivity contribution in [2.24, 2.45) is 0 Å². The first-order chi connectivity index (χ1) is 8.63. The summed E-state index contributed by atoms with van der Waals surface area (Å²) in [5.41, 5.74) is 2.15. The third-order valence-corrected chi connectivity index (χ3v) is 3.72. The monoisotopic (exact) mass is 389 g/mol. The van der Waals surface area contributed by atoms with Gasteiger partial charge in [-0.3, -0.25) is 0 Å². The van der Waals surface area contributed by atoms with Gasteiger partial charge in [-0.05, 0) is 59.0 Å². The van der Waals surface area contributed by atoms with E-state index in [4.69, 9.17) is 27.6 Å². The molecule has 0 aliphatic heterocycles. The molecule has 0 unspecified atom stereocenters. The average molecular weight is 390 g/mol. The van der Waals surface area contributed by atoms with Gasteiger partial charge in [0, 0.05) is 14.2 Å². The first kappa shape index (κ1) is 12.3. The lowest BCUT2D eigenvalue weighted by atomic mass is 10.2. The van der Waals surface area contributed by atoms with Gasteiger partial charge in [0.25, 0.3) is 0 Å². The Labute approximate surface area is 127 Å². The molecule has 2 nitrogen and oxygen atoms in total. The summed E-state index contributed by atoms with van der Waals surface area (Å²) in [4.78, 5) is 4.40. The highest BCUT2D eigenvalue weighted by atomic mass is 127. The van der Waals surface area contributed by atoms with Crippen LogP contribution in [0.15, 0.2) is 40.8 Å². The Hall–Kier alpha value is -0.780. The molecule has 3 rings (SSSR count). The van der Waals surface area contributed by atoms with Crippen molar-refractivity contribution in [1.82, 2.24) is 4.98 Å². The van der Waals surface area contributed by atoms with Gasteiger partial charge in [0.05, 0.1) is 5.02 Å². The van der Waals surface area contributed by atoms with E-state index in [0.29, 0.717) is 27.0 Å². The first-order valence-electron chi connectivity index (χ1n) is 5.15. The first-order valence-corrected chi connectivity index (χ1v) is 6.98. The maximum absolute atomic E-state index is 6.07. The fourth-order valence-corrected chi connectivity index (χ4v) is 2.56. The Morgan fingerprint density at radius 2 is 1.78 bits per heavy atom. The number of aromatic nitrogens is 1. The predicted molar refractivity (Wildman–Crippen MR) is 82.2 cm³/mol. The van der Waals surface area contributed by atoms with Gasteiger partial charge in [-0.25, -0.2) is 4.98 Å². The topological polar surface area (TPSA) is 26.0 Å². The number of rotatable bonds is 1. The van der Waals surface area contributed by atoms with Crippen molar-refractivity contribution in [2.75, 3.05) is 0 Å². The third-order valence-electron chi connectivity index (χ3n) is 2.50. The molecule has 5 heteroatoms. The van der Waals surface area contributed by atoms with Gasteiger partial charge in [0.1, 0.15) is 5.52 Å². The standard InChI is InChI=1S/C13H6Cl2INO/c14-8-5-10(15)12-11(6-8)17-13(18-12)7-1-3-9(16)4-2-7/h1-6H. The summed E-state index contributed by atoms with van der Waals surface area (Å²) in [5, 5.41) is 1.02. The van der Waals surface area contributed by atoms with Crippen LogP contribution >= 0.6 is 45.8 Å². The Kier molecular flexibility index (Phi) is 3.21. The molecule has 0 bridgehead atoms. The van der Waals surface area contributed by atoms with E-state index in [0.717, 1.165) is 9.13 Å². The Balaban J connectivity index is 2.19. The quantitative estimate of drug-likeness (QED) is 0.520. The molecule has 0 spiro atoms. The zero-order valence-corrected chi connectivity index (χ0v) is 12.6. The fourth-order valence-electron chi connectivity index (χ4n) is 1.68. The number of fused-ring (bicyclic) bond motifs is 1. The molecular formula is C13H6Cl2INO. The van der Waals surface area contributed by atoms with Crippen molar-refractivity contribution in [3.63, 3.8) is 0 Å². The minimum Gasteiger partial charge on any atom is -0.435 e. The minimum atomic E-state index is 0.474. The molecule has 0 atom stereocenters. The summed E-state index contributed by atoms with van der Waals surface area (Å²) in [6.45, 7) is 0. The van der Waals surface area contributed by atoms with E-state index in [1.807, 2.05) is 24.3 Å². The Morgan fingerprint density at radius 3 is 2.50 bits per heavy atom. The Bertz CT molecular complexity index is 722. The highest BCUT2D eigenvalue weighted by molar-refractivity contribution is 14.1. The van der Waals surface area contributed by atoms with Crippen LogP contribution in [0, 0.1) is 3.57 Å². The summed E-state index contributed by atoms with van der Waals surface area (Å²) >= 11 is 14.3. The lowest BCUT2D eigenvalue weighted by Gasteiger charge is -1.94. The highest BCUT2D eigenvalue weighted by Crippen LogP contribution is 2.31. The van der Waals surface area contributed by atoms with Crippen LogP contribution < -0.4 is 0 Å². The van der Waals surface area contributed by atoms with E-state index in [9.17, 15) is 0 Å². The molecule has 0 aliphatic carbocycles. The van der Waals surface area contributed by atoms with E-state index in [1.54, 1.807) is 12.1 Å². The van der Waals surface area contributed by atoms with E-state index in [2.05, 4.69) is 27.6 Å². The van der Waals surface area contributed by atoms with Crippen molar-refractivity contribution < 1.29 is 4.42 Å². The lowest BCUT2D eigenvalue weighted by Crippen LogP contribution is -1.77. The molecule has 0 fully saturated rings. The van der Waals surface area contributed by atoms with Crippen LogP contribution in [-0.2, 0) is 0 Å². The van der Waals surface area contributed by atoms with Gasteiger partial charge in [0.2, 0.25) is 5.89 Å². The predicted octanol–water partition coefficient (Wildman–Crippen LogP) is 5.41. The number of oxazole rings is 1. The molecule has 0 saturated carbocycles. The van der Waals surface area contributed by atoms with Gasteiger partial charge in [-0.1, -0.05) is 23.2 Å². The molecule has 0 radical (unpaired) electrons.